The summed E-state index contributed by atoms with van der Waals surface area (Å²) in [7, 11) is 0. The van der Waals surface area contributed by atoms with Crippen molar-refractivity contribution in [2.24, 2.45) is 11.7 Å². The highest BCUT2D eigenvalue weighted by atomic mass is 79.9. The first-order valence-corrected chi connectivity index (χ1v) is 8.87. The van der Waals surface area contributed by atoms with E-state index < -0.39 is 0 Å². The van der Waals surface area contributed by atoms with Gasteiger partial charge in [-0.05, 0) is 56.9 Å². The Bertz CT molecular complexity index is 744. The topological polar surface area (TPSA) is 59.2 Å². The van der Waals surface area contributed by atoms with Gasteiger partial charge in [0.15, 0.2) is 0 Å². The van der Waals surface area contributed by atoms with Crippen LogP contribution in [-0.4, -0.2) is 34.9 Å². The summed E-state index contributed by atoms with van der Waals surface area (Å²) in [5, 5.41) is 0.901. The lowest BCUT2D eigenvalue weighted by atomic mass is 9.91. The van der Waals surface area contributed by atoms with Gasteiger partial charge in [-0.3, -0.25) is 9.78 Å². The fourth-order valence-electron chi connectivity index (χ4n) is 3.30. The zero-order chi connectivity index (χ0) is 16.6. The number of amides is 1. The maximum atomic E-state index is 13.1. The molecule has 1 fully saturated rings. The molecule has 2 heterocycles. The Kier molecular flexibility index (Phi) is 4.69. The number of carbonyl (C=O) groups excluding carboxylic acids is 1. The van der Waals surface area contributed by atoms with Gasteiger partial charge in [0.25, 0.3) is 5.91 Å². The number of rotatable bonds is 2. The molecule has 23 heavy (non-hydrogen) atoms. The number of hydrogen-bond acceptors (Lipinski definition) is 3. The van der Waals surface area contributed by atoms with Crippen molar-refractivity contribution in [3.8, 4) is 0 Å². The number of aromatic nitrogens is 1. The molecule has 0 spiro atoms. The highest BCUT2D eigenvalue weighted by molar-refractivity contribution is 9.10. The summed E-state index contributed by atoms with van der Waals surface area (Å²) in [5.74, 6) is 0.470. The monoisotopic (exact) mass is 375 g/mol. The van der Waals surface area contributed by atoms with Crippen LogP contribution in [0.5, 0.6) is 0 Å². The molecule has 3 rings (SSSR count). The fourth-order valence-corrected chi connectivity index (χ4v) is 3.66. The third kappa shape index (κ3) is 3.40. The molecule has 2 aromatic rings. The highest BCUT2D eigenvalue weighted by Gasteiger charge is 2.27. The second kappa shape index (κ2) is 6.57. The molecule has 1 aromatic carbocycles. The van der Waals surface area contributed by atoms with Gasteiger partial charge in [0.05, 0.1) is 11.1 Å². The Morgan fingerprint density at radius 1 is 1.43 bits per heavy atom. The summed E-state index contributed by atoms with van der Waals surface area (Å²) >= 11 is 3.49. The van der Waals surface area contributed by atoms with Gasteiger partial charge in [0.2, 0.25) is 0 Å². The predicted octanol–water partition coefficient (Wildman–Crippen LogP) is 3.51. The summed E-state index contributed by atoms with van der Waals surface area (Å²) in [6.07, 6.45) is 2.12. The van der Waals surface area contributed by atoms with Crippen LogP contribution in [0.1, 0.15) is 35.8 Å². The average molecular weight is 376 g/mol. The van der Waals surface area contributed by atoms with Gasteiger partial charge in [-0.25, -0.2) is 0 Å². The number of fused-ring (bicyclic) bond motifs is 1. The summed E-state index contributed by atoms with van der Waals surface area (Å²) < 4.78 is 0.955. The Morgan fingerprint density at radius 3 is 2.96 bits per heavy atom. The van der Waals surface area contributed by atoms with Crippen LogP contribution in [0.4, 0.5) is 0 Å². The van der Waals surface area contributed by atoms with Crippen molar-refractivity contribution in [1.29, 1.82) is 0 Å². The van der Waals surface area contributed by atoms with E-state index in [1.165, 1.54) is 0 Å². The van der Waals surface area contributed by atoms with Crippen LogP contribution in [-0.2, 0) is 0 Å². The maximum Gasteiger partial charge on any atom is 0.254 e. The molecular formula is C18H22BrN3O. The van der Waals surface area contributed by atoms with Gasteiger partial charge in [0, 0.05) is 34.7 Å². The molecule has 1 aliphatic heterocycles. The van der Waals surface area contributed by atoms with Gasteiger partial charge < -0.3 is 10.6 Å². The van der Waals surface area contributed by atoms with Gasteiger partial charge in [-0.15, -0.1) is 0 Å². The highest BCUT2D eigenvalue weighted by Crippen LogP contribution is 2.26. The van der Waals surface area contributed by atoms with Crippen molar-refractivity contribution < 1.29 is 4.79 Å². The number of pyridine rings is 1. The number of likely N-dealkylation sites (tertiary alicyclic amines) is 1. The molecule has 0 aliphatic carbocycles. The molecule has 5 heteroatoms. The minimum absolute atomic E-state index is 0.0870. The van der Waals surface area contributed by atoms with Crippen molar-refractivity contribution in [1.82, 2.24) is 9.88 Å². The van der Waals surface area contributed by atoms with Crippen molar-refractivity contribution in [3.63, 3.8) is 0 Å². The molecular weight excluding hydrogens is 354 g/mol. The SMILES string of the molecule is Cc1cc(C(=O)N2CCCC(C(C)N)C2)c2cc(Br)ccc2n1. The van der Waals surface area contributed by atoms with Crippen LogP contribution >= 0.6 is 15.9 Å². The number of carbonyl (C=O) groups is 1. The quantitative estimate of drug-likeness (QED) is 0.873. The number of hydrogen-bond donors (Lipinski definition) is 1. The van der Waals surface area contributed by atoms with Crippen LogP contribution < -0.4 is 5.73 Å². The zero-order valence-electron chi connectivity index (χ0n) is 13.6. The van der Waals surface area contributed by atoms with E-state index in [1.807, 2.05) is 43.0 Å². The van der Waals surface area contributed by atoms with E-state index >= 15 is 0 Å². The lowest BCUT2D eigenvalue weighted by Gasteiger charge is -2.35. The first-order valence-electron chi connectivity index (χ1n) is 8.07. The molecule has 1 amide bonds. The molecule has 0 radical (unpaired) electrons. The van der Waals surface area contributed by atoms with Crippen molar-refractivity contribution in [2.75, 3.05) is 13.1 Å². The summed E-state index contributed by atoms with van der Waals surface area (Å²) in [5.41, 5.74) is 8.51. The average Bonchev–Trinajstić information content (AvgIpc) is 2.54. The number of piperidine rings is 1. The molecule has 1 saturated heterocycles. The smallest absolute Gasteiger partial charge is 0.254 e. The minimum Gasteiger partial charge on any atom is -0.338 e. The Balaban J connectivity index is 1.98. The normalized spacial score (nSPS) is 19.8. The second-order valence-corrected chi connectivity index (χ2v) is 7.40. The van der Waals surface area contributed by atoms with Crippen LogP contribution in [0, 0.1) is 12.8 Å². The third-order valence-corrected chi connectivity index (χ3v) is 5.11. The summed E-state index contributed by atoms with van der Waals surface area (Å²) in [6, 6.07) is 7.89. The van der Waals surface area contributed by atoms with E-state index in [1.54, 1.807) is 0 Å². The fraction of sp³-hybridized carbons (Fsp3) is 0.444. The molecule has 0 saturated carbocycles. The van der Waals surface area contributed by atoms with E-state index in [0.29, 0.717) is 5.92 Å². The summed E-state index contributed by atoms with van der Waals surface area (Å²) in [6.45, 7) is 5.51. The molecule has 4 nitrogen and oxygen atoms in total. The largest absolute Gasteiger partial charge is 0.338 e. The molecule has 122 valence electrons. The standard InChI is InChI=1S/C18H22BrN3O/c1-11-8-16(15-9-14(19)5-6-17(15)21-11)18(23)22-7-3-4-13(10-22)12(2)20/h5-6,8-9,12-13H,3-4,7,10,20H2,1-2H3. The van der Waals surface area contributed by atoms with Crippen LogP contribution in [0.3, 0.4) is 0 Å². The van der Waals surface area contributed by atoms with Gasteiger partial charge in [0.1, 0.15) is 0 Å². The molecule has 1 aliphatic rings. The number of halogens is 1. The summed E-state index contributed by atoms with van der Waals surface area (Å²) in [4.78, 5) is 19.6. The van der Waals surface area contributed by atoms with Crippen LogP contribution in [0.2, 0.25) is 0 Å². The number of nitrogens with two attached hydrogens (primary N) is 1. The maximum absolute atomic E-state index is 13.1. The first-order chi connectivity index (χ1) is 11.0. The number of nitrogens with zero attached hydrogens (tertiary/aromatic N) is 2. The minimum atomic E-state index is 0.0870. The second-order valence-electron chi connectivity index (χ2n) is 6.49. The van der Waals surface area contributed by atoms with E-state index in [2.05, 4.69) is 20.9 Å². The van der Waals surface area contributed by atoms with Crippen LogP contribution in [0.25, 0.3) is 10.9 Å². The Labute approximate surface area is 145 Å². The predicted molar refractivity (Wildman–Crippen MR) is 96.5 cm³/mol. The zero-order valence-corrected chi connectivity index (χ0v) is 15.1. The Hall–Kier alpha value is -1.46. The molecule has 1 aromatic heterocycles. The van der Waals surface area contributed by atoms with E-state index in [0.717, 1.165) is 52.6 Å². The van der Waals surface area contributed by atoms with Gasteiger partial charge in [-0.2, -0.15) is 0 Å². The first kappa shape index (κ1) is 16.4. The van der Waals surface area contributed by atoms with Gasteiger partial charge >= 0.3 is 0 Å². The molecule has 2 N–H and O–H groups in total. The third-order valence-electron chi connectivity index (χ3n) is 4.62. The van der Waals surface area contributed by atoms with Crippen molar-refractivity contribution in [2.45, 2.75) is 32.7 Å². The lowest BCUT2D eigenvalue weighted by Crippen LogP contribution is -2.45. The van der Waals surface area contributed by atoms with E-state index in [9.17, 15) is 4.79 Å². The molecule has 2 atom stereocenters. The van der Waals surface area contributed by atoms with E-state index in [4.69, 9.17) is 5.73 Å². The van der Waals surface area contributed by atoms with Gasteiger partial charge in [-0.1, -0.05) is 15.9 Å². The molecule has 0 bridgehead atoms. The van der Waals surface area contributed by atoms with Crippen molar-refractivity contribution in [3.05, 3.63) is 40.0 Å². The van der Waals surface area contributed by atoms with E-state index in [-0.39, 0.29) is 11.9 Å². The Morgan fingerprint density at radius 2 is 2.22 bits per heavy atom. The van der Waals surface area contributed by atoms with Crippen molar-refractivity contribution >= 4 is 32.7 Å². The molecule has 2 unspecified atom stereocenters. The number of aryl methyl sites for hydroxylation is 1. The van der Waals surface area contributed by atoms with Crippen LogP contribution in [0.15, 0.2) is 28.7 Å². The lowest BCUT2D eigenvalue weighted by molar-refractivity contribution is 0.0663. The number of benzene rings is 1.